The summed E-state index contributed by atoms with van der Waals surface area (Å²) in [7, 11) is 0. The lowest BCUT2D eigenvalue weighted by molar-refractivity contribution is -0.133. The highest BCUT2D eigenvalue weighted by Gasteiger charge is 2.26. The number of ether oxygens (including phenoxy) is 1. The normalized spacial score (nSPS) is 12.1. The third-order valence-corrected chi connectivity index (χ3v) is 6.25. The first-order valence-electron chi connectivity index (χ1n) is 13.4. The molecule has 0 saturated carbocycles. The second kappa shape index (κ2) is 15.3. The second-order valence-electron chi connectivity index (χ2n) is 9.84. The molecule has 0 fully saturated rings. The largest absolute Gasteiger partial charge is 0.492 e. The van der Waals surface area contributed by atoms with E-state index in [4.69, 9.17) is 4.74 Å². The molecule has 2 aromatic carbocycles. The second-order valence-corrected chi connectivity index (χ2v) is 9.84. The first-order valence-corrected chi connectivity index (χ1v) is 13.4. The predicted molar refractivity (Wildman–Crippen MR) is 147 cm³/mol. The molecule has 0 unspecified atom stereocenters. The van der Waals surface area contributed by atoms with Gasteiger partial charge in [-0.05, 0) is 70.4 Å². The fraction of sp³-hybridized carbons (Fsp3) is 0.533. The number of nitrogens with one attached hydrogen (secondary N) is 1. The summed E-state index contributed by atoms with van der Waals surface area (Å²) in [6.07, 6.45) is 2.18. The Bertz CT molecular complexity index is 899. The van der Waals surface area contributed by atoms with Gasteiger partial charge in [0.15, 0.2) is 0 Å². The number of amides is 2. The van der Waals surface area contributed by atoms with Crippen molar-refractivity contribution >= 4 is 11.8 Å². The van der Waals surface area contributed by atoms with E-state index in [-0.39, 0.29) is 11.8 Å². The van der Waals surface area contributed by atoms with Crippen LogP contribution in [-0.2, 0) is 11.2 Å². The van der Waals surface area contributed by atoms with Gasteiger partial charge in [-0.25, -0.2) is 0 Å². The maximum absolute atomic E-state index is 13.5. The van der Waals surface area contributed by atoms with Crippen molar-refractivity contribution in [2.24, 2.45) is 0 Å². The van der Waals surface area contributed by atoms with Gasteiger partial charge in [0, 0.05) is 43.7 Å². The van der Waals surface area contributed by atoms with Crippen LogP contribution in [0.25, 0.3) is 0 Å². The van der Waals surface area contributed by atoms with Crippen LogP contribution in [0.5, 0.6) is 5.75 Å². The molecular weight excluding hydrogens is 450 g/mol. The Balaban J connectivity index is 2.10. The number of carbonyl (C=O) groups is 2. The predicted octanol–water partition coefficient (Wildman–Crippen LogP) is 5.17. The van der Waals surface area contributed by atoms with Crippen molar-refractivity contribution in [1.29, 1.82) is 0 Å². The van der Waals surface area contributed by atoms with E-state index in [0.29, 0.717) is 43.8 Å². The van der Waals surface area contributed by atoms with Crippen LogP contribution in [0.2, 0.25) is 0 Å². The van der Waals surface area contributed by atoms with Crippen molar-refractivity contribution in [3.8, 4) is 5.75 Å². The first-order chi connectivity index (χ1) is 17.3. The van der Waals surface area contributed by atoms with E-state index in [0.717, 1.165) is 30.7 Å². The van der Waals surface area contributed by atoms with Crippen molar-refractivity contribution in [3.63, 3.8) is 0 Å². The minimum Gasteiger partial charge on any atom is -0.492 e. The van der Waals surface area contributed by atoms with Gasteiger partial charge in [0.1, 0.15) is 18.4 Å². The molecule has 0 aliphatic carbocycles. The molecule has 198 valence electrons. The number of rotatable bonds is 15. The van der Waals surface area contributed by atoms with Gasteiger partial charge in [0.05, 0.1) is 0 Å². The zero-order valence-electron chi connectivity index (χ0n) is 23.0. The third kappa shape index (κ3) is 9.30. The van der Waals surface area contributed by atoms with Crippen LogP contribution in [0.3, 0.4) is 0 Å². The molecule has 1 atom stereocenters. The van der Waals surface area contributed by atoms with Gasteiger partial charge in [-0.1, -0.05) is 44.2 Å². The molecule has 2 aromatic rings. The van der Waals surface area contributed by atoms with Crippen LogP contribution in [0.15, 0.2) is 54.6 Å². The van der Waals surface area contributed by atoms with Crippen LogP contribution < -0.4 is 10.1 Å². The molecule has 0 spiro atoms. The van der Waals surface area contributed by atoms with E-state index in [1.54, 1.807) is 12.1 Å². The average molecular weight is 496 g/mol. The lowest BCUT2D eigenvalue weighted by Crippen LogP contribution is -2.50. The lowest BCUT2D eigenvalue weighted by atomic mass is 10.0. The standard InChI is InChI=1S/C30H45N3O3/c1-7-18-32(19-8-2)30(35)28(31-29(34)26-12-10-9-11-13-26)22-25-14-16-27(17-15-25)36-21-20-33(23(3)4)24(5)6/h9-17,23-24,28H,7-8,18-22H2,1-6H3,(H,31,34)/t28-/m0/s1. The fourth-order valence-corrected chi connectivity index (χ4v) is 4.46. The molecule has 0 aliphatic rings. The highest BCUT2D eigenvalue weighted by Crippen LogP contribution is 2.16. The van der Waals surface area contributed by atoms with Gasteiger partial charge in [0.25, 0.3) is 5.91 Å². The van der Waals surface area contributed by atoms with Gasteiger partial charge in [-0.3, -0.25) is 14.5 Å². The quantitative estimate of drug-likeness (QED) is 0.370. The number of carbonyl (C=O) groups excluding carboxylic acids is 2. The fourth-order valence-electron chi connectivity index (χ4n) is 4.46. The summed E-state index contributed by atoms with van der Waals surface area (Å²) in [4.78, 5) is 30.6. The summed E-state index contributed by atoms with van der Waals surface area (Å²) in [6.45, 7) is 15.8. The Kier molecular flexibility index (Phi) is 12.5. The van der Waals surface area contributed by atoms with Gasteiger partial charge >= 0.3 is 0 Å². The Labute approximate surface area is 218 Å². The molecule has 0 saturated heterocycles. The van der Waals surface area contributed by atoms with Gasteiger partial charge in [-0.15, -0.1) is 0 Å². The SMILES string of the molecule is CCCN(CCC)C(=O)[C@H](Cc1ccc(OCCN(C(C)C)C(C)C)cc1)NC(=O)c1ccccc1. The summed E-state index contributed by atoms with van der Waals surface area (Å²) in [6, 6.07) is 17.2. The first kappa shape index (κ1) is 29.4. The average Bonchev–Trinajstić information content (AvgIpc) is 2.86. The van der Waals surface area contributed by atoms with Crippen LogP contribution in [0.1, 0.15) is 70.3 Å². The third-order valence-electron chi connectivity index (χ3n) is 6.25. The molecule has 36 heavy (non-hydrogen) atoms. The molecule has 0 aliphatic heterocycles. The molecule has 1 N–H and O–H groups in total. The van der Waals surface area contributed by atoms with Crippen molar-refractivity contribution in [3.05, 3.63) is 65.7 Å². The molecule has 0 heterocycles. The monoisotopic (exact) mass is 495 g/mol. The molecular formula is C30H45N3O3. The van der Waals surface area contributed by atoms with Crippen molar-refractivity contribution < 1.29 is 14.3 Å². The zero-order valence-corrected chi connectivity index (χ0v) is 23.0. The minimum atomic E-state index is -0.631. The number of hydrogen-bond acceptors (Lipinski definition) is 4. The topological polar surface area (TPSA) is 61.9 Å². The zero-order chi connectivity index (χ0) is 26.5. The van der Waals surface area contributed by atoms with Gasteiger partial charge in [-0.2, -0.15) is 0 Å². The Hall–Kier alpha value is -2.86. The number of benzene rings is 2. The summed E-state index contributed by atoms with van der Waals surface area (Å²) in [5.41, 5.74) is 1.53. The highest BCUT2D eigenvalue weighted by molar-refractivity contribution is 5.97. The van der Waals surface area contributed by atoms with E-state index in [1.165, 1.54) is 0 Å². The Morgan fingerprint density at radius 1 is 0.833 bits per heavy atom. The molecule has 0 bridgehead atoms. The molecule has 6 heteroatoms. The maximum atomic E-state index is 13.5. The van der Waals surface area contributed by atoms with E-state index in [1.807, 2.05) is 47.4 Å². The molecule has 2 amide bonds. The molecule has 0 aromatic heterocycles. The Morgan fingerprint density at radius 2 is 1.42 bits per heavy atom. The smallest absolute Gasteiger partial charge is 0.251 e. The van der Waals surface area contributed by atoms with E-state index >= 15 is 0 Å². The van der Waals surface area contributed by atoms with Crippen molar-refractivity contribution in [1.82, 2.24) is 15.1 Å². The van der Waals surface area contributed by atoms with E-state index in [9.17, 15) is 9.59 Å². The summed E-state index contributed by atoms with van der Waals surface area (Å²) < 4.78 is 5.98. The van der Waals surface area contributed by atoms with Crippen LogP contribution in [0, 0.1) is 0 Å². The summed E-state index contributed by atoms with van der Waals surface area (Å²) in [5, 5.41) is 2.99. The molecule has 0 radical (unpaired) electrons. The van der Waals surface area contributed by atoms with Crippen LogP contribution >= 0.6 is 0 Å². The van der Waals surface area contributed by atoms with Gasteiger partial charge < -0.3 is 15.0 Å². The van der Waals surface area contributed by atoms with Crippen LogP contribution in [-0.4, -0.2) is 66.0 Å². The number of hydrogen-bond donors (Lipinski definition) is 1. The Morgan fingerprint density at radius 3 is 1.94 bits per heavy atom. The summed E-state index contributed by atoms with van der Waals surface area (Å²) >= 11 is 0. The molecule has 6 nitrogen and oxygen atoms in total. The summed E-state index contributed by atoms with van der Waals surface area (Å²) in [5.74, 6) is 0.536. The van der Waals surface area contributed by atoms with E-state index < -0.39 is 6.04 Å². The van der Waals surface area contributed by atoms with Gasteiger partial charge in [0.2, 0.25) is 5.91 Å². The number of nitrogens with zero attached hydrogens (tertiary/aromatic N) is 2. The van der Waals surface area contributed by atoms with E-state index in [2.05, 4.69) is 51.8 Å². The van der Waals surface area contributed by atoms with Crippen molar-refractivity contribution in [2.45, 2.75) is 78.9 Å². The maximum Gasteiger partial charge on any atom is 0.251 e. The van der Waals surface area contributed by atoms with Crippen LogP contribution in [0.4, 0.5) is 0 Å². The molecule has 2 rings (SSSR count). The minimum absolute atomic E-state index is 0.0363. The van der Waals surface area contributed by atoms with Crippen molar-refractivity contribution in [2.75, 3.05) is 26.2 Å². The highest BCUT2D eigenvalue weighted by atomic mass is 16.5. The lowest BCUT2D eigenvalue weighted by Gasteiger charge is -2.30.